The highest BCUT2D eigenvalue weighted by molar-refractivity contribution is 6.14. The fraction of sp³-hybridized carbons (Fsp3) is 0.368. The molecular weight excluding hydrogens is 548 g/mol. The quantitative estimate of drug-likeness (QED) is 0.112. The standard InChI is InChI=1S/C38H46N2O4/c1-3-5-7-9-11-27-43-31-23-19-29(20-24-31)37(41)39-35-17-13-16-34-33(35)15-14-18-36(34)40-38(42)30-21-25-32(26-22-30)44-28-12-10-8-6-4-2/h13-26H,3-12,27-28H2,1-2H3,(H,39,41)(H,40,42). The molecule has 0 radical (unpaired) electrons. The summed E-state index contributed by atoms with van der Waals surface area (Å²) >= 11 is 0. The second-order valence-electron chi connectivity index (χ2n) is 11.2. The van der Waals surface area contributed by atoms with Crippen molar-refractivity contribution in [2.24, 2.45) is 0 Å². The zero-order valence-electron chi connectivity index (χ0n) is 26.2. The second-order valence-corrected chi connectivity index (χ2v) is 11.2. The molecule has 44 heavy (non-hydrogen) atoms. The fourth-order valence-corrected chi connectivity index (χ4v) is 5.11. The molecule has 6 nitrogen and oxygen atoms in total. The van der Waals surface area contributed by atoms with Crippen LogP contribution in [0.2, 0.25) is 0 Å². The Bertz CT molecular complexity index is 1350. The summed E-state index contributed by atoms with van der Waals surface area (Å²) in [5, 5.41) is 7.75. The van der Waals surface area contributed by atoms with Gasteiger partial charge < -0.3 is 20.1 Å². The van der Waals surface area contributed by atoms with E-state index in [-0.39, 0.29) is 11.8 Å². The van der Waals surface area contributed by atoms with E-state index < -0.39 is 0 Å². The largest absolute Gasteiger partial charge is 0.494 e. The van der Waals surface area contributed by atoms with Crippen LogP contribution in [0.25, 0.3) is 10.8 Å². The van der Waals surface area contributed by atoms with Gasteiger partial charge in [-0.25, -0.2) is 0 Å². The van der Waals surface area contributed by atoms with Crippen LogP contribution in [0, 0.1) is 0 Å². The number of carbonyl (C=O) groups is 2. The van der Waals surface area contributed by atoms with Crippen LogP contribution in [0.5, 0.6) is 11.5 Å². The fourth-order valence-electron chi connectivity index (χ4n) is 5.11. The monoisotopic (exact) mass is 594 g/mol. The first-order valence-corrected chi connectivity index (χ1v) is 16.2. The van der Waals surface area contributed by atoms with Crippen LogP contribution in [0.1, 0.15) is 98.8 Å². The predicted molar refractivity (Wildman–Crippen MR) is 181 cm³/mol. The number of unbranched alkanes of at least 4 members (excludes halogenated alkanes) is 8. The van der Waals surface area contributed by atoms with E-state index in [0.29, 0.717) is 35.7 Å². The van der Waals surface area contributed by atoms with Gasteiger partial charge in [-0.1, -0.05) is 89.5 Å². The average molecular weight is 595 g/mol. The maximum atomic E-state index is 13.1. The number of nitrogens with one attached hydrogen (secondary N) is 2. The van der Waals surface area contributed by atoms with E-state index in [0.717, 1.165) is 35.1 Å². The van der Waals surface area contributed by atoms with Crippen LogP contribution in [-0.4, -0.2) is 25.0 Å². The van der Waals surface area contributed by atoms with E-state index in [1.165, 1.54) is 51.4 Å². The van der Waals surface area contributed by atoms with Gasteiger partial charge in [0, 0.05) is 33.3 Å². The third kappa shape index (κ3) is 9.87. The van der Waals surface area contributed by atoms with Crippen molar-refractivity contribution in [3.8, 4) is 11.5 Å². The molecule has 0 saturated heterocycles. The zero-order chi connectivity index (χ0) is 31.0. The van der Waals surface area contributed by atoms with E-state index in [2.05, 4.69) is 24.5 Å². The van der Waals surface area contributed by atoms with Crippen molar-refractivity contribution in [2.45, 2.75) is 78.1 Å². The highest BCUT2D eigenvalue weighted by atomic mass is 16.5. The molecule has 4 aromatic carbocycles. The van der Waals surface area contributed by atoms with Gasteiger partial charge in [0.1, 0.15) is 11.5 Å². The van der Waals surface area contributed by atoms with Gasteiger partial charge in [0.2, 0.25) is 0 Å². The Morgan fingerprint density at radius 1 is 0.500 bits per heavy atom. The number of fused-ring (bicyclic) bond motifs is 1. The van der Waals surface area contributed by atoms with Crippen molar-refractivity contribution in [1.29, 1.82) is 0 Å². The molecule has 0 atom stereocenters. The number of amides is 2. The molecular formula is C38H46N2O4. The maximum absolute atomic E-state index is 13.1. The van der Waals surface area contributed by atoms with Gasteiger partial charge >= 0.3 is 0 Å². The topological polar surface area (TPSA) is 76.7 Å². The molecule has 0 aliphatic heterocycles. The highest BCUT2D eigenvalue weighted by Gasteiger charge is 2.13. The Hall–Kier alpha value is -4.32. The van der Waals surface area contributed by atoms with Crippen molar-refractivity contribution in [1.82, 2.24) is 0 Å². The lowest BCUT2D eigenvalue weighted by Crippen LogP contribution is -2.13. The number of carbonyl (C=O) groups excluding carboxylic acids is 2. The molecule has 0 unspecified atom stereocenters. The molecule has 0 spiro atoms. The van der Waals surface area contributed by atoms with Gasteiger partial charge in [-0.2, -0.15) is 0 Å². The van der Waals surface area contributed by atoms with Crippen LogP contribution in [0.3, 0.4) is 0 Å². The van der Waals surface area contributed by atoms with E-state index >= 15 is 0 Å². The Kier molecular flexibility index (Phi) is 13.1. The Morgan fingerprint density at radius 2 is 0.886 bits per heavy atom. The van der Waals surface area contributed by atoms with Gasteiger partial charge in [0.25, 0.3) is 11.8 Å². The first-order valence-electron chi connectivity index (χ1n) is 16.2. The molecule has 0 aliphatic carbocycles. The zero-order valence-corrected chi connectivity index (χ0v) is 26.2. The summed E-state index contributed by atoms with van der Waals surface area (Å²) in [7, 11) is 0. The van der Waals surface area contributed by atoms with Gasteiger partial charge in [-0.05, 0) is 73.5 Å². The molecule has 232 valence electrons. The van der Waals surface area contributed by atoms with Crippen LogP contribution in [-0.2, 0) is 0 Å². The lowest BCUT2D eigenvalue weighted by Gasteiger charge is -2.13. The SMILES string of the molecule is CCCCCCCOc1ccc(C(=O)Nc2cccc3c(NC(=O)c4ccc(OCCCCCCC)cc4)cccc23)cc1. The summed E-state index contributed by atoms with van der Waals surface area (Å²) in [4.78, 5) is 26.2. The molecule has 6 heteroatoms. The van der Waals surface area contributed by atoms with Gasteiger partial charge in [0.15, 0.2) is 0 Å². The van der Waals surface area contributed by atoms with Crippen molar-refractivity contribution in [3.05, 3.63) is 96.1 Å². The van der Waals surface area contributed by atoms with E-state index in [9.17, 15) is 9.59 Å². The summed E-state index contributed by atoms with van der Waals surface area (Å²) in [6, 6.07) is 25.8. The lowest BCUT2D eigenvalue weighted by atomic mass is 10.1. The van der Waals surface area contributed by atoms with E-state index in [4.69, 9.17) is 9.47 Å². The number of ether oxygens (including phenoxy) is 2. The molecule has 0 saturated carbocycles. The van der Waals surface area contributed by atoms with Crippen molar-refractivity contribution in [2.75, 3.05) is 23.8 Å². The van der Waals surface area contributed by atoms with Crippen molar-refractivity contribution in [3.63, 3.8) is 0 Å². The minimum atomic E-state index is -0.207. The highest BCUT2D eigenvalue weighted by Crippen LogP contribution is 2.30. The summed E-state index contributed by atoms with van der Waals surface area (Å²) in [6.45, 7) is 5.78. The number of hydrogen-bond donors (Lipinski definition) is 2. The van der Waals surface area contributed by atoms with Crippen molar-refractivity contribution < 1.29 is 19.1 Å². The molecule has 0 fully saturated rings. The van der Waals surface area contributed by atoms with Crippen LogP contribution in [0.15, 0.2) is 84.9 Å². The third-order valence-corrected chi connectivity index (χ3v) is 7.68. The van der Waals surface area contributed by atoms with Crippen LogP contribution < -0.4 is 20.1 Å². The molecule has 4 aromatic rings. The number of benzene rings is 4. The first-order chi connectivity index (χ1) is 21.6. The summed E-state index contributed by atoms with van der Waals surface area (Å²) < 4.78 is 11.7. The Labute approximate surface area is 262 Å². The predicted octanol–water partition coefficient (Wildman–Crippen LogP) is 10.0. The Balaban J connectivity index is 1.33. The lowest BCUT2D eigenvalue weighted by molar-refractivity contribution is 0.101. The molecule has 2 amide bonds. The van der Waals surface area contributed by atoms with E-state index in [1.54, 1.807) is 24.3 Å². The number of hydrogen-bond acceptors (Lipinski definition) is 4. The van der Waals surface area contributed by atoms with Gasteiger partial charge in [-0.15, -0.1) is 0 Å². The van der Waals surface area contributed by atoms with Crippen LogP contribution in [0.4, 0.5) is 11.4 Å². The molecule has 0 heterocycles. The minimum absolute atomic E-state index is 0.207. The number of anilines is 2. The van der Waals surface area contributed by atoms with Gasteiger partial charge in [-0.3, -0.25) is 9.59 Å². The Morgan fingerprint density at radius 3 is 1.27 bits per heavy atom. The maximum Gasteiger partial charge on any atom is 0.255 e. The summed E-state index contributed by atoms with van der Waals surface area (Å²) in [5.41, 5.74) is 2.44. The second kappa shape index (κ2) is 17.7. The molecule has 2 N–H and O–H groups in total. The molecule has 0 bridgehead atoms. The van der Waals surface area contributed by atoms with Crippen LogP contribution >= 0.6 is 0 Å². The van der Waals surface area contributed by atoms with Gasteiger partial charge in [0.05, 0.1) is 13.2 Å². The summed E-state index contributed by atoms with van der Waals surface area (Å²) in [6.07, 6.45) is 11.9. The van der Waals surface area contributed by atoms with E-state index in [1.807, 2.05) is 60.7 Å². The summed E-state index contributed by atoms with van der Waals surface area (Å²) in [5.74, 6) is 1.12. The molecule has 0 aromatic heterocycles. The smallest absolute Gasteiger partial charge is 0.255 e. The minimum Gasteiger partial charge on any atom is -0.494 e. The molecule has 0 aliphatic rings. The number of rotatable bonds is 18. The normalized spacial score (nSPS) is 10.9. The average Bonchev–Trinajstić information content (AvgIpc) is 3.05. The third-order valence-electron chi connectivity index (χ3n) is 7.68. The first kappa shape index (κ1) is 32.6. The van der Waals surface area contributed by atoms with Crippen molar-refractivity contribution >= 4 is 34.0 Å². The molecule has 4 rings (SSSR count).